The van der Waals surface area contributed by atoms with Gasteiger partial charge in [0.1, 0.15) is 6.61 Å². The summed E-state index contributed by atoms with van der Waals surface area (Å²) >= 11 is 0. The van der Waals surface area contributed by atoms with Gasteiger partial charge in [-0.25, -0.2) is 0 Å². The third-order valence-corrected chi connectivity index (χ3v) is 3.29. The van der Waals surface area contributed by atoms with Gasteiger partial charge in [-0.2, -0.15) is 0 Å². The van der Waals surface area contributed by atoms with E-state index in [9.17, 15) is 4.79 Å². The lowest BCUT2D eigenvalue weighted by Crippen LogP contribution is -2.27. The lowest BCUT2D eigenvalue weighted by atomic mass is 10.4. The fourth-order valence-electron chi connectivity index (χ4n) is 0.738. The predicted molar refractivity (Wildman–Crippen MR) is 57.6 cm³/mol. The van der Waals surface area contributed by atoms with E-state index < -0.39 is 9.53 Å². The molecule has 0 aromatic rings. The Bertz CT molecular complexity index is 144. The van der Waals surface area contributed by atoms with Crippen LogP contribution in [0.1, 0.15) is 27.2 Å². The van der Waals surface area contributed by atoms with Gasteiger partial charge in [-0.05, 0) is 20.8 Å². The first kappa shape index (κ1) is 14.6. The van der Waals surface area contributed by atoms with Crippen LogP contribution in [-0.2, 0) is 22.8 Å². The van der Waals surface area contributed by atoms with Gasteiger partial charge in [0.05, 0.1) is 6.42 Å². The van der Waals surface area contributed by atoms with Crippen molar-refractivity contribution in [2.75, 3.05) is 26.4 Å². The summed E-state index contributed by atoms with van der Waals surface area (Å²) in [5.74, 6) is -0.0648. The van der Waals surface area contributed by atoms with Gasteiger partial charge < -0.3 is 18.0 Å². The summed E-state index contributed by atoms with van der Waals surface area (Å²) in [6, 6.07) is 0. The molecule has 1 aliphatic heterocycles. The molecule has 0 atom stereocenters. The fourth-order valence-corrected chi connectivity index (χ4v) is 1.84. The molecule has 0 aromatic carbocycles. The van der Waals surface area contributed by atoms with Crippen molar-refractivity contribution >= 4 is 15.5 Å². The molecule has 0 unspecified atom stereocenters. The van der Waals surface area contributed by atoms with E-state index in [1.807, 2.05) is 20.8 Å². The van der Waals surface area contributed by atoms with Gasteiger partial charge in [0.2, 0.25) is 0 Å². The number of hydrogen-bond acceptors (Lipinski definition) is 5. The van der Waals surface area contributed by atoms with Crippen molar-refractivity contribution in [2.24, 2.45) is 0 Å². The van der Waals surface area contributed by atoms with E-state index in [0.717, 1.165) is 0 Å². The Morgan fingerprint density at radius 2 is 1.47 bits per heavy atom. The van der Waals surface area contributed by atoms with Gasteiger partial charge >= 0.3 is 15.5 Å². The third kappa shape index (κ3) is 8.55. The minimum atomic E-state index is -1.73. The van der Waals surface area contributed by atoms with Gasteiger partial charge in [0.15, 0.2) is 0 Å². The minimum absolute atomic E-state index is 0.0648. The highest BCUT2D eigenvalue weighted by Crippen LogP contribution is 1.97. The van der Waals surface area contributed by atoms with Gasteiger partial charge in [0.25, 0.3) is 0 Å². The number of hydrogen-bond donors (Lipinski definition) is 0. The molecular weight excluding hydrogens is 216 g/mol. The number of ether oxygens (including phenoxy) is 1. The van der Waals surface area contributed by atoms with E-state index in [4.69, 9.17) is 13.3 Å². The Balaban J connectivity index is 0.000000322. The highest BCUT2D eigenvalue weighted by atomic mass is 28.3. The van der Waals surface area contributed by atoms with Crippen LogP contribution in [0.3, 0.4) is 0 Å². The summed E-state index contributed by atoms with van der Waals surface area (Å²) in [6.07, 6.45) is 0.625. The molecular formula is C9H20O5Si. The maximum atomic E-state index is 9.68. The second kappa shape index (κ2) is 10.1. The molecule has 0 aromatic heterocycles. The van der Waals surface area contributed by atoms with Crippen molar-refractivity contribution in [1.82, 2.24) is 0 Å². The van der Waals surface area contributed by atoms with E-state index >= 15 is 0 Å². The molecule has 15 heavy (non-hydrogen) atoms. The smallest absolute Gasteiger partial charge is 0.465 e. The number of rotatable bonds is 6. The van der Waals surface area contributed by atoms with Gasteiger partial charge in [-0.1, -0.05) is 0 Å². The molecule has 1 saturated heterocycles. The summed E-state index contributed by atoms with van der Waals surface area (Å²) in [7, 11) is -1.73. The van der Waals surface area contributed by atoms with Crippen LogP contribution in [-0.4, -0.2) is 41.9 Å². The first-order valence-electron chi connectivity index (χ1n) is 5.24. The second-order valence-electron chi connectivity index (χ2n) is 2.63. The first-order chi connectivity index (χ1) is 7.24. The lowest BCUT2D eigenvalue weighted by molar-refractivity contribution is -0.157. The van der Waals surface area contributed by atoms with Crippen LogP contribution in [0.15, 0.2) is 0 Å². The van der Waals surface area contributed by atoms with E-state index in [0.29, 0.717) is 32.8 Å². The molecule has 1 fully saturated rings. The molecule has 0 bridgehead atoms. The number of esters is 1. The van der Waals surface area contributed by atoms with Gasteiger partial charge in [-0.15, -0.1) is 0 Å². The van der Waals surface area contributed by atoms with Crippen LogP contribution >= 0.6 is 0 Å². The van der Waals surface area contributed by atoms with Crippen molar-refractivity contribution in [3.63, 3.8) is 0 Å². The van der Waals surface area contributed by atoms with E-state index in [2.05, 4.69) is 4.74 Å². The highest BCUT2D eigenvalue weighted by molar-refractivity contribution is 6.36. The van der Waals surface area contributed by atoms with Crippen molar-refractivity contribution in [3.05, 3.63) is 0 Å². The monoisotopic (exact) mass is 236 g/mol. The van der Waals surface area contributed by atoms with Crippen LogP contribution in [0.2, 0.25) is 0 Å². The Kier molecular flexibility index (Phi) is 9.81. The quantitative estimate of drug-likeness (QED) is 0.503. The third-order valence-electron chi connectivity index (χ3n) is 1.48. The van der Waals surface area contributed by atoms with Crippen molar-refractivity contribution in [2.45, 2.75) is 27.2 Å². The van der Waals surface area contributed by atoms with Crippen molar-refractivity contribution in [1.29, 1.82) is 0 Å². The van der Waals surface area contributed by atoms with Crippen molar-refractivity contribution in [3.8, 4) is 0 Å². The standard InChI is InChI=1S/C6H16O3Si.C3H4O2/c1-4-7-10(8-5-2)9-6-3;4-3-1-2-5-3/h10H,4-6H2,1-3H3;1-2H2. The fraction of sp³-hybridized carbons (Fsp3) is 0.889. The molecule has 0 saturated carbocycles. The number of carbonyl (C=O) groups excluding carboxylic acids is 1. The topological polar surface area (TPSA) is 54.0 Å². The molecule has 1 heterocycles. The Morgan fingerprint density at radius 1 is 1.13 bits per heavy atom. The number of cyclic esters (lactones) is 1. The van der Waals surface area contributed by atoms with Crippen molar-refractivity contribution < 1.29 is 22.8 Å². The molecule has 5 nitrogen and oxygen atoms in total. The Hall–Kier alpha value is -0.433. The van der Waals surface area contributed by atoms with Crippen LogP contribution in [0.5, 0.6) is 0 Å². The molecule has 0 spiro atoms. The van der Waals surface area contributed by atoms with Crippen LogP contribution < -0.4 is 0 Å². The normalized spacial score (nSPS) is 14.0. The molecule has 1 aliphatic rings. The molecule has 0 N–H and O–H groups in total. The lowest BCUT2D eigenvalue weighted by Gasteiger charge is -2.12. The maximum absolute atomic E-state index is 9.68. The van der Waals surface area contributed by atoms with E-state index in [1.54, 1.807) is 0 Å². The predicted octanol–water partition coefficient (Wildman–Crippen LogP) is 0.746. The van der Waals surface area contributed by atoms with Gasteiger partial charge in [0, 0.05) is 19.8 Å². The summed E-state index contributed by atoms with van der Waals surface area (Å²) in [5, 5.41) is 0. The summed E-state index contributed by atoms with van der Waals surface area (Å²) in [6.45, 7) is 8.50. The van der Waals surface area contributed by atoms with Gasteiger partial charge in [-0.3, -0.25) is 4.79 Å². The zero-order valence-corrected chi connectivity index (χ0v) is 10.8. The van der Waals surface area contributed by atoms with Crippen LogP contribution in [0.4, 0.5) is 0 Å². The molecule has 0 amide bonds. The van der Waals surface area contributed by atoms with Crippen LogP contribution in [0.25, 0.3) is 0 Å². The average molecular weight is 236 g/mol. The first-order valence-corrected chi connectivity index (χ1v) is 6.66. The minimum Gasteiger partial charge on any atom is -0.465 e. The maximum Gasteiger partial charge on any atom is 0.484 e. The molecule has 0 radical (unpaired) electrons. The summed E-state index contributed by atoms with van der Waals surface area (Å²) in [5.41, 5.74) is 0. The largest absolute Gasteiger partial charge is 0.484 e. The summed E-state index contributed by atoms with van der Waals surface area (Å²) < 4.78 is 19.9. The zero-order chi connectivity index (χ0) is 11.5. The number of carbonyl (C=O) groups is 1. The Labute approximate surface area is 92.6 Å². The van der Waals surface area contributed by atoms with Crippen LogP contribution in [0, 0.1) is 0 Å². The average Bonchev–Trinajstić information content (AvgIpc) is 2.17. The van der Waals surface area contributed by atoms with E-state index in [-0.39, 0.29) is 5.97 Å². The highest BCUT2D eigenvalue weighted by Gasteiger charge is 2.11. The molecule has 90 valence electrons. The molecule has 0 aliphatic carbocycles. The SMILES string of the molecule is CCO[SiH](OCC)OCC.O=C1CCO1. The molecule has 6 heteroatoms. The second-order valence-corrected chi connectivity index (χ2v) is 4.20. The molecule has 1 rings (SSSR count). The Morgan fingerprint density at radius 3 is 1.60 bits per heavy atom. The van der Waals surface area contributed by atoms with E-state index in [1.165, 1.54) is 0 Å². The summed E-state index contributed by atoms with van der Waals surface area (Å²) in [4.78, 5) is 9.68. The zero-order valence-electron chi connectivity index (χ0n) is 9.65.